The van der Waals surface area contributed by atoms with E-state index in [0.717, 1.165) is 21.5 Å². The molecule has 0 unspecified atom stereocenters. The molecule has 1 fully saturated rings. The minimum Gasteiger partial charge on any atom is -0.300 e. The molecule has 0 aromatic heterocycles. The third-order valence-corrected chi connectivity index (χ3v) is 11.9. The lowest BCUT2D eigenvalue weighted by atomic mass is 9.81. The van der Waals surface area contributed by atoms with Crippen LogP contribution in [0.4, 0.5) is 0 Å². The van der Waals surface area contributed by atoms with Gasteiger partial charge in [0.15, 0.2) is 24.1 Å². The van der Waals surface area contributed by atoms with Crippen LogP contribution in [0.3, 0.4) is 0 Å². The molecule has 0 aliphatic heterocycles. The first-order valence-corrected chi connectivity index (χ1v) is 21.2. The summed E-state index contributed by atoms with van der Waals surface area (Å²) < 4.78 is 0. The first-order valence-electron chi connectivity index (χ1n) is 21.2. The van der Waals surface area contributed by atoms with Crippen LogP contribution in [0.25, 0.3) is 64.6 Å². The lowest BCUT2D eigenvalue weighted by Crippen LogP contribution is -2.20. The van der Waals surface area contributed by atoms with Gasteiger partial charge in [0.05, 0.1) is 0 Å². The van der Waals surface area contributed by atoms with Crippen LogP contribution in [0.15, 0.2) is 182 Å². The van der Waals surface area contributed by atoms with Crippen molar-refractivity contribution < 1.29 is 28.8 Å². The van der Waals surface area contributed by atoms with E-state index in [-0.39, 0.29) is 23.1 Å². The Morgan fingerprint density at radius 3 is 0.703 bits per heavy atom. The lowest BCUT2D eigenvalue weighted by molar-refractivity contribution is -0.128. The number of fused-ring (bicyclic) bond motifs is 8. The zero-order valence-electron chi connectivity index (χ0n) is 34.8. The van der Waals surface area contributed by atoms with Gasteiger partial charge in [0.1, 0.15) is 11.6 Å². The lowest BCUT2D eigenvalue weighted by Gasteiger charge is -2.19. The highest BCUT2D eigenvalue weighted by molar-refractivity contribution is 6.30. The van der Waals surface area contributed by atoms with E-state index in [1.165, 1.54) is 43.1 Å². The predicted octanol–water partition coefficient (Wildman–Crippen LogP) is 13.1. The van der Waals surface area contributed by atoms with Crippen molar-refractivity contribution in [1.29, 1.82) is 0 Å². The summed E-state index contributed by atoms with van der Waals surface area (Å²) >= 11 is 0. The minimum atomic E-state index is -0.0730. The van der Waals surface area contributed by atoms with E-state index in [1.54, 1.807) is 24.3 Å². The van der Waals surface area contributed by atoms with Crippen LogP contribution in [-0.4, -0.2) is 35.7 Å². The highest BCUT2D eigenvalue weighted by atomic mass is 16.1. The molecule has 308 valence electrons. The van der Waals surface area contributed by atoms with Crippen molar-refractivity contribution in [2.24, 2.45) is 0 Å². The van der Waals surface area contributed by atoms with Crippen molar-refractivity contribution in [1.82, 2.24) is 0 Å². The second kappa shape index (κ2) is 18.0. The molecule has 0 N–H and O–H groups in total. The molecule has 0 heterocycles. The maximum absolute atomic E-state index is 13.0. The minimum absolute atomic E-state index is 0.0730. The average molecular weight is 833 g/mol. The van der Waals surface area contributed by atoms with Gasteiger partial charge in [-0.25, -0.2) is 0 Å². The molecule has 2 aliphatic rings. The van der Waals surface area contributed by atoms with Gasteiger partial charge < -0.3 is 0 Å². The molecule has 0 bridgehead atoms. The van der Waals surface area contributed by atoms with Crippen LogP contribution < -0.4 is 0 Å². The highest BCUT2D eigenvalue weighted by Crippen LogP contribution is 2.34. The van der Waals surface area contributed by atoms with Crippen molar-refractivity contribution in [3.8, 4) is 0 Å². The predicted molar refractivity (Wildman–Crippen MR) is 257 cm³/mol. The fraction of sp³-hybridized carbons (Fsp3) is 0.0690. The topological polar surface area (TPSA) is 102 Å². The molecule has 64 heavy (non-hydrogen) atoms. The van der Waals surface area contributed by atoms with E-state index in [4.69, 9.17) is 0 Å². The van der Waals surface area contributed by atoms with Crippen LogP contribution in [0.1, 0.15) is 78.2 Å². The summed E-state index contributed by atoms with van der Waals surface area (Å²) in [5.41, 5.74) is 2.89. The summed E-state index contributed by atoms with van der Waals surface area (Å²) in [6, 6.07) is 60.5. The van der Waals surface area contributed by atoms with Gasteiger partial charge in [0.2, 0.25) is 0 Å². The van der Waals surface area contributed by atoms with Crippen LogP contribution in [-0.2, 0) is 9.59 Å². The van der Waals surface area contributed by atoms with Gasteiger partial charge in [-0.05, 0) is 125 Å². The smallest absolute Gasteiger partial charge is 0.194 e. The Morgan fingerprint density at radius 2 is 0.469 bits per heavy atom. The quantitative estimate of drug-likeness (QED) is 0.127. The van der Waals surface area contributed by atoms with Gasteiger partial charge in [0.25, 0.3) is 0 Å². The van der Waals surface area contributed by atoms with Gasteiger partial charge in [-0.15, -0.1) is 0 Å². The number of hydrogen-bond acceptors (Lipinski definition) is 6. The van der Waals surface area contributed by atoms with Crippen molar-refractivity contribution in [2.45, 2.75) is 25.7 Å². The Balaban J connectivity index is 0.000000119. The van der Waals surface area contributed by atoms with E-state index in [2.05, 4.69) is 84.9 Å². The maximum atomic E-state index is 13.0. The number of benzene rings is 10. The third-order valence-electron chi connectivity index (χ3n) is 11.9. The fourth-order valence-electron chi connectivity index (χ4n) is 8.44. The van der Waals surface area contributed by atoms with Crippen LogP contribution in [0, 0.1) is 0 Å². The maximum Gasteiger partial charge on any atom is 0.194 e. The second-order valence-corrected chi connectivity index (χ2v) is 16.0. The van der Waals surface area contributed by atoms with E-state index in [9.17, 15) is 28.8 Å². The normalized spacial score (nSPS) is 13.0. The molecular formula is C58H40O6. The monoisotopic (exact) mass is 832 g/mol. The molecule has 0 saturated heterocycles. The summed E-state index contributed by atoms with van der Waals surface area (Å²) in [5.74, 6) is 0.335. The molecule has 12 rings (SSSR count). The van der Waals surface area contributed by atoms with Gasteiger partial charge in [0, 0.05) is 59.1 Å². The van der Waals surface area contributed by atoms with E-state index in [0.29, 0.717) is 71.6 Å². The van der Waals surface area contributed by atoms with Gasteiger partial charge in [-0.1, -0.05) is 121 Å². The number of carbonyl (C=O) groups excluding carboxylic acids is 6. The molecule has 10 aromatic rings. The van der Waals surface area contributed by atoms with Gasteiger partial charge >= 0.3 is 0 Å². The van der Waals surface area contributed by atoms with Crippen molar-refractivity contribution >= 4 is 100 Å². The zero-order valence-corrected chi connectivity index (χ0v) is 34.8. The molecule has 6 nitrogen and oxygen atoms in total. The number of hydrogen-bond donors (Lipinski definition) is 0. The number of ketones is 4. The largest absolute Gasteiger partial charge is 0.300 e. The molecular weight excluding hydrogens is 793 g/mol. The molecule has 10 aromatic carbocycles. The molecule has 0 spiro atoms. The summed E-state index contributed by atoms with van der Waals surface area (Å²) in [5, 5.41) is 14.3. The summed E-state index contributed by atoms with van der Waals surface area (Å²) in [6.45, 7) is 0. The Morgan fingerprint density at radius 1 is 0.266 bits per heavy atom. The third kappa shape index (κ3) is 8.50. The summed E-state index contributed by atoms with van der Waals surface area (Å²) in [7, 11) is 0. The Labute approximate surface area is 368 Å². The molecule has 1 saturated carbocycles. The number of Topliss-reactive ketones (excluding diaryl/α,β-unsaturated/α-hetero) is 2. The molecule has 0 radical (unpaired) electrons. The van der Waals surface area contributed by atoms with E-state index in [1.807, 2.05) is 72.8 Å². The average Bonchev–Trinajstić information content (AvgIpc) is 3.34. The number of rotatable bonds is 2. The van der Waals surface area contributed by atoms with Gasteiger partial charge in [-0.3, -0.25) is 28.8 Å². The van der Waals surface area contributed by atoms with Crippen molar-refractivity contribution in [3.63, 3.8) is 0 Å². The van der Waals surface area contributed by atoms with Gasteiger partial charge in [-0.2, -0.15) is 0 Å². The van der Waals surface area contributed by atoms with Crippen LogP contribution in [0.5, 0.6) is 0 Å². The molecule has 2 aliphatic carbocycles. The van der Waals surface area contributed by atoms with Crippen molar-refractivity contribution in [3.05, 3.63) is 215 Å². The number of aldehydes is 2. The van der Waals surface area contributed by atoms with E-state index >= 15 is 0 Å². The Hall–Kier alpha value is -8.22. The Bertz CT molecular complexity index is 3100. The summed E-state index contributed by atoms with van der Waals surface area (Å²) in [6.07, 6.45) is 3.28. The van der Waals surface area contributed by atoms with Crippen LogP contribution >= 0.6 is 0 Å². The summed E-state index contributed by atoms with van der Waals surface area (Å²) in [4.78, 5) is 67.3. The highest BCUT2D eigenvalue weighted by Gasteiger charge is 2.30. The zero-order chi connectivity index (χ0) is 44.2. The Kier molecular flexibility index (Phi) is 11.6. The fourth-order valence-corrected chi connectivity index (χ4v) is 8.44. The standard InChI is InChI=1S/C22H12O2.C22H14.C8H6O2.C6H8O2/c23-21-17-9-13-5-1-2-6-14(13)10-18(17)22(24)20-12-16-8-4-3-7-15(16)11-19(20)21;1-2-6-16-10-20-14-22-12-18-8-4-3-7-17(18)11-21(22)13-19(20)9-15(16)5-1;9-5-7-3-1-2-4-8(7)6-10;7-5-1-2-6(8)4-3-5/h1-12H;1-14H;1-6H;1-4H2. The first kappa shape index (κ1) is 41.1. The van der Waals surface area contributed by atoms with E-state index < -0.39 is 0 Å². The van der Waals surface area contributed by atoms with Crippen LogP contribution in [0.2, 0.25) is 0 Å². The SMILES string of the molecule is O=C1CCC(=O)CC1.O=C1c2cc3ccccc3cc2C(=O)c2cc3ccccc3cc21.O=Cc1ccccc1C=O.c1ccc2cc3cc4cc5ccccc5cc4cc3cc2c1. The molecule has 6 heteroatoms. The number of carbonyl (C=O) groups is 6. The molecule has 0 atom stereocenters. The first-order chi connectivity index (χ1) is 31.3. The van der Waals surface area contributed by atoms with Crippen molar-refractivity contribution in [2.75, 3.05) is 0 Å². The molecule has 0 amide bonds. The second-order valence-electron chi connectivity index (χ2n) is 16.0.